The average molecular weight is 268 g/mol. The highest BCUT2D eigenvalue weighted by atomic mass is 16.5. The van der Waals surface area contributed by atoms with E-state index in [-0.39, 0.29) is 5.92 Å². The van der Waals surface area contributed by atoms with Crippen molar-refractivity contribution in [3.63, 3.8) is 0 Å². The van der Waals surface area contributed by atoms with Crippen LogP contribution >= 0.6 is 0 Å². The first-order valence-corrected chi connectivity index (χ1v) is 6.58. The fourth-order valence-corrected chi connectivity index (χ4v) is 2.25. The summed E-state index contributed by atoms with van der Waals surface area (Å²) in [5, 5.41) is 6.35. The van der Waals surface area contributed by atoms with Crippen LogP contribution in [0.5, 0.6) is 0 Å². The highest BCUT2D eigenvalue weighted by Gasteiger charge is 2.16. The van der Waals surface area contributed by atoms with Crippen LogP contribution < -0.4 is 0 Å². The molecule has 0 amide bonds. The van der Waals surface area contributed by atoms with Gasteiger partial charge in [-0.15, -0.1) is 0 Å². The topological polar surface area (TPSA) is 48.2 Å². The molecule has 0 aliphatic heterocycles. The van der Waals surface area contributed by atoms with Crippen LogP contribution in [0, 0.1) is 0 Å². The molecular weight excluding hydrogens is 252 g/mol. The minimum atomic E-state index is 0.0673. The quantitative estimate of drug-likeness (QED) is 0.726. The molecule has 1 atom stereocenters. The number of methoxy groups -OCH3 is 1. The van der Waals surface area contributed by atoms with Crippen molar-refractivity contribution >= 4 is 10.8 Å². The Kier molecular flexibility index (Phi) is 3.48. The summed E-state index contributed by atoms with van der Waals surface area (Å²) in [6, 6.07) is 14.7. The van der Waals surface area contributed by atoms with Crippen molar-refractivity contribution in [2.75, 3.05) is 7.11 Å². The van der Waals surface area contributed by atoms with E-state index < -0.39 is 0 Å². The molecule has 1 heterocycles. The van der Waals surface area contributed by atoms with Crippen molar-refractivity contribution in [1.29, 1.82) is 0 Å². The molecule has 0 saturated heterocycles. The van der Waals surface area contributed by atoms with Gasteiger partial charge in [-0.1, -0.05) is 47.6 Å². The van der Waals surface area contributed by atoms with Gasteiger partial charge in [0.05, 0.1) is 5.92 Å². The molecule has 0 N–H and O–H groups in total. The lowest BCUT2D eigenvalue weighted by atomic mass is 9.98. The largest absolute Gasteiger partial charge is 0.377 e. The first-order chi connectivity index (χ1) is 9.78. The summed E-state index contributed by atoms with van der Waals surface area (Å²) in [5.41, 5.74) is 1.16. The van der Waals surface area contributed by atoms with Gasteiger partial charge in [-0.2, -0.15) is 4.98 Å². The van der Waals surface area contributed by atoms with Crippen molar-refractivity contribution in [3.05, 3.63) is 59.7 Å². The van der Waals surface area contributed by atoms with E-state index in [1.165, 1.54) is 10.8 Å². The number of rotatable bonds is 4. The Morgan fingerprint density at radius 1 is 1.15 bits per heavy atom. The number of fused-ring (bicyclic) bond motifs is 1. The minimum Gasteiger partial charge on any atom is -0.377 e. The third-order valence-electron chi connectivity index (χ3n) is 3.40. The molecule has 3 aromatic rings. The monoisotopic (exact) mass is 268 g/mol. The van der Waals surface area contributed by atoms with Gasteiger partial charge in [0.25, 0.3) is 0 Å². The molecule has 20 heavy (non-hydrogen) atoms. The summed E-state index contributed by atoms with van der Waals surface area (Å²) in [7, 11) is 1.61. The van der Waals surface area contributed by atoms with E-state index >= 15 is 0 Å². The Balaban J connectivity index is 1.92. The van der Waals surface area contributed by atoms with Gasteiger partial charge in [0.2, 0.25) is 5.89 Å². The Hall–Kier alpha value is -2.20. The number of hydrogen-bond acceptors (Lipinski definition) is 4. The predicted octanol–water partition coefficient (Wildman–Crippen LogP) is 3.52. The lowest BCUT2D eigenvalue weighted by Gasteiger charge is -2.08. The van der Waals surface area contributed by atoms with Crippen LogP contribution in [0.4, 0.5) is 0 Å². The highest BCUT2D eigenvalue weighted by molar-refractivity contribution is 5.83. The van der Waals surface area contributed by atoms with Gasteiger partial charge in [0.1, 0.15) is 6.61 Å². The third kappa shape index (κ3) is 2.42. The highest BCUT2D eigenvalue weighted by Crippen LogP contribution is 2.26. The number of benzene rings is 2. The number of nitrogens with zero attached hydrogens (tertiary/aromatic N) is 2. The van der Waals surface area contributed by atoms with Gasteiger partial charge in [0.15, 0.2) is 5.82 Å². The van der Waals surface area contributed by atoms with Gasteiger partial charge in [-0.25, -0.2) is 0 Å². The second-order valence-corrected chi connectivity index (χ2v) is 4.81. The summed E-state index contributed by atoms with van der Waals surface area (Å²) in [5.74, 6) is 1.26. The minimum absolute atomic E-state index is 0.0673. The molecule has 0 aliphatic carbocycles. The van der Waals surface area contributed by atoms with Gasteiger partial charge in [0, 0.05) is 7.11 Å². The van der Waals surface area contributed by atoms with E-state index in [0.29, 0.717) is 18.3 Å². The van der Waals surface area contributed by atoms with E-state index in [2.05, 4.69) is 47.4 Å². The molecule has 0 fully saturated rings. The summed E-state index contributed by atoms with van der Waals surface area (Å²) in [6.45, 7) is 2.43. The Bertz CT molecular complexity index is 721. The molecule has 0 saturated carbocycles. The maximum absolute atomic E-state index is 5.30. The van der Waals surface area contributed by atoms with E-state index in [4.69, 9.17) is 9.26 Å². The molecule has 0 radical (unpaired) electrons. The van der Waals surface area contributed by atoms with E-state index in [9.17, 15) is 0 Å². The summed E-state index contributed by atoms with van der Waals surface area (Å²) >= 11 is 0. The molecule has 4 nitrogen and oxygen atoms in total. The maximum atomic E-state index is 5.30. The number of ether oxygens (including phenoxy) is 1. The smallest absolute Gasteiger partial charge is 0.233 e. The Labute approximate surface area is 117 Å². The fourth-order valence-electron chi connectivity index (χ4n) is 2.25. The number of aromatic nitrogens is 2. The SMILES string of the molecule is COCc1noc([C@@H](C)c2ccc3ccccc3c2)n1. The van der Waals surface area contributed by atoms with E-state index in [0.717, 1.165) is 5.56 Å². The van der Waals surface area contributed by atoms with Gasteiger partial charge in [-0.05, 0) is 23.3 Å². The van der Waals surface area contributed by atoms with E-state index in [1.54, 1.807) is 7.11 Å². The van der Waals surface area contributed by atoms with Crippen molar-refractivity contribution in [3.8, 4) is 0 Å². The molecule has 1 aromatic heterocycles. The van der Waals surface area contributed by atoms with Crippen LogP contribution in [0.25, 0.3) is 10.8 Å². The maximum Gasteiger partial charge on any atom is 0.233 e. The Morgan fingerprint density at radius 3 is 2.75 bits per heavy atom. The predicted molar refractivity (Wildman–Crippen MR) is 76.5 cm³/mol. The van der Waals surface area contributed by atoms with Gasteiger partial charge in [-0.3, -0.25) is 0 Å². The lowest BCUT2D eigenvalue weighted by Crippen LogP contribution is -1.97. The first kappa shape index (κ1) is 12.8. The first-order valence-electron chi connectivity index (χ1n) is 6.58. The van der Waals surface area contributed by atoms with Crippen molar-refractivity contribution in [1.82, 2.24) is 10.1 Å². The van der Waals surface area contributed by atoms with Gasteiger partial charge >= 0.3 is 0 Å². The normalized spacial score (nSPS) is 12.7. The molecule has 0 aliphatic rings. The van der Waals surface area contributed by atoms with Crippen LogP contribution in [0.2, 0.25) is 0 Å². The number of hydrogen-bond donors (Lipinski definition) is 0. The zero-order valence-electron chi connectivity index (χ0n) is 11.5. The third-order valence-corrected chi connectivity index (χ3v) is 3.40. The lowest BCUT2D eigenvalue weighted by molar-refractivity contribution is 0.174. The molecule has 3 rings (SSSR count). The second kappa shape index (κ2) is 5.43. The summed E-state index contributed by atoms with van der Waals surface area (Å²) in [4.78, 5) is 4.35. The van der Waals surface area contributed by atoms with Crippen LogP contribution in [-0.2, 0) is 11.3 Å². The van der Waals surface area contributed by atoms with Crippen molar-refractivity contribution < 1.29 is 9.26 Å². The van der Waals surface area contributed by atoms with Crippen molar-refractivity contribution in [2.45, 2.75) is 19.4 Å². The molecular formula is C16H16N2O2. The zero-order valence-corrected chi connectivity index (χ0v) is 11.5. The van der Waals surface area contributed by atoms with Gasteiger partial charge < -0.3 is 9.26 Å². The molecule has 4 heteroatoms. The Morgan fingerprint density at radius 2 is 1.95 bits per heavy atom. The average Bonchev–Trinajstić information content (AvgIpc) is 2.95. The van der Waals surface area contributed by atoms with Crippen molar-refractivity contribution in [2.24, 2.45) is 0 Å². The standard InChI is InChI=1S/C16H16N2O2/c1-11(16-17-15(10-19-2)18-20-16)13-8-7-12-5-3-4-6-14(12)9-13/h3-9,11H,10H2,1-2H3/t11-/m0/s1. The summed E-state index contributed by atoms with van der Waals surface area (Å²) < 4.78 is 10.3. The van der Waals surface area contributed by atoms with E-state index in [1.807, 2.05) is 12.1 Å². The molecule has 2 aromatic carbocycles. The van der Waals surface area contributed by atoms with Crippen LogP contribution in [0.15, 0.2) is 47.0 Å². The van der Waals surface area contributed by atoms with Crippen LogP contribution in [0.1, 0.15) is 30.1 Å². The molecule has 102 valence electrons. The molecule has 0 bridgehead atoms. The fraction of sp³-hybridized carbons (Fsp3) is 0.250. The second-order valence-electron chi connectivity index (χ2n) is 4.81. The van der Waals surface area contributed by atoms with Crippen LogP contribution in [0.3, 0.4) is 0 Å². The molecule has 0 unspecified atom stereocenters. The summed E-state index contributed by atoms with van der Waals surface area (Å²) in [6.07, 6.45) is 0. The molecule has 0 spiro atoms. The van der Waals surface area contributed by atoms with Crippen LogP contribution in [-0.4, -0.2) is 17.3 Å². The zero-order chi connectivity index (χ0) is 13.9.